The van der Waals surface area contributed by atoms with Crippen molar-refractivity contribution in [3.63, 3.8) is 0 Å². The summed E-state index contributed by atoms with van der Waals surface area (Å²) in [6.07, 6.45) is 0. The van der Waals surface area contributed by atoms with E-state index in [1.807, 2.05) is 0 Å². The molecule has 0 aliphatic rings. The van der Waals surface area contributed by atoms with E-state index in [-0.39, 0.29) is 27.0 Å². The van der Waals surface area contributed by atoms with Crippen LogP contribution in [-0.4, -0.2) is 13.9 Å². The zero-order valence-electron chi connectivity index (χ0n) is 17.2. The van der Waals surface area contributed by atoms with Gasteiger partial charge in [-0.25, -0.2) is 0 Å². The van der Waals surface area contributed by atoms with Gasteiger partial charge in [0.05, 0.1) is 0 Å². The third kappa shape index (κ3) is 7.84. The average molecular weight is 563 g/mol. The summed E-state index contributed by atoms with van der Waals surface area (Å²) in [6, 6.07) is 27.2. The van der Waals surface area contributed by atoms with Crippen molar-refractivity contribution in [1.29, 1.82) is 0 Å². The molecule has 0 aliphatic heterocycles. The van der Waals surface area contributed by atoms with Gasteiger partial charge in [-0.3, -0.25) is 0 Å². The summed E-state index contributed by atoms with van der Waals surface area (Å²) in [5.41, 5.74) is -5.58. The van der Waals surface area contributed by atoms with Crippen molar-refractivity contribution >= 4 is 10.1 Å². The zero-order valence-corrected chi connectivity index (χ0v) is 20.2. The first-order valence-electron chi connectivity index (χ1n) is 9.25. The standard InChI is InChI=1S/C12H10I.C11H13F3O3S/c1-3-7-11(8-4-1)13-12-9-5-2-6-10-12;1-10(2,3)8-6-4-5-7-9(8)17-18(15,16)11(12,13)14/h1-10H;4-7H,1-3H3/q-1;. The van der Waals surface area contributed by atoms with E-state index in [0.29, 0.717) is 5.56 Å². The summed E-state index contributed by atoms with van der Waals surface area (Å²) in [4.78, 5) is 0. The number of halogens is 4. The molecular formula is C23H23F3IO3S-. The Hall–Kier alpha value is -2.07. The molecule has 0 aromatic heterocycles. The molecular weight excluding hydrogens is 540 g/mol. The van der Waals surface area contributed by atoms with Gasteiger partial charge in [-0.05, 0) is 11.5 Å². The third-order valence-electron chi connectivity index (χ3n) is 3.86. The van der Waals surface area contributed by atoms with E-state index < -0.39 is 21.0 Å². The van der Waals surface area contributed by atoms with Gasteiger partial charge < -0.3 is 4.18 Å². The van der Waals surface area contributed by atoms with E-state index >= 15 is 0 Å². The summed E-state index contributed by atoms with van der Waals surface area (Å²) in [6.45, 7) is 5.24. The normalized spacial score (nSPS) is 12.1. The van der Waals surface area contributed by atoms with Gasteiger partial charge in [-0.15, -0.1) is 0 Å². The summed E-state index contributed by atoms with van der Waals surface area (Å²) >= 11 is 0.0287. The van der Waals surface area contributed by atoms with Crippen LogP contribution < -0.4 is 25.4 Å². The van der Waals surface area contributed by atoms with E-state index in [1.54, 1.807) is 26.8 Å². The Morgan fingerprint density at radius 1 is 0.710 bits per heavy atom. The molecule has 3 aromatic rings. The van der Waals surface area contributed by atoms with Gasteiger partial charge in [0, 0.05) is 5.56 Å². The summed E-state index contributed by atoms with van der Waals surface area (Å²) in [7, 11) is -5.63. The number of benzene rings is 3. The van der Waals surface area contributed by atoms with Gasteiger partial charge in [-0.1, -0.05) is 39.0 Å². The Morgan fingerprint density at radius 3 is 1.55 bits per heavy atom. The second-order valence-electron chi connectivity index (χ2n) is 7.41. The fourth-order valence-electron chi connectivity index (χ4n) is 2.41. The van der Waals surface area contributed by atoms with E-state index in [1.165, 1.54) is 25.3 Å². The minimum absolute atomic E-state index is 0.0287. The molecule has 0 bridgehead atoms. The number of hydrogen-bond donors (Lipinski definition) is 0. The van der Waals surface area contributed by atoms with Crippen LogP contribution in [0.3, 0.4) is 0 Å². The molecule has 3 rings (SSSR count). The molecule has 0 saturated heterocycles. The van der Waals surface area contributed by atoms with Gasteiger partial charge in [0.2, 0.25) is 0 Å². The van der Waals surface area contributed by atoms with Crippen LogP contribution in [0.1, 0.15) is 26.3 Å². The van der Waals surface area contributed by atoms with Gasteiger partial charge in [0.25, 0.3) is 0 Å². The molecule has 0 N–H and O–H groups in total. The van der Waals surface area contributed by atoms with Crippen molar-refractivity contribution in [2.75, 3.05) is 0 Å². The molecule has 0 aliphatic carbocycles. The summed E-state index contributed by atoms with van der Waals surface area (Å²) in [5.74, 6) is -0.303. The Balaban J connectivity index is 0.000000231. The third-order valence-corrected chi connectivity index (χ3v) is 7.51. The Bertz CT molecular complexity index is 1020. The number of rotatable bonds is 4. The van der Waals surface area contributed by atoms with E-state index in [2.05, 4.69) is 64.8 Å². The second-order valence-corrected chi connectivity index (χ2v) is 12.0. The molecule has 31 heavy (non-hydrogen) atoms. The SMILES string of the molecule is CC(C)(C)c1ccccc1OS(=O)(=O)C(F)(F)F.c1ccc([I-]c2ccccc2)cc1. The first kappa shape index (κ1) is 25.2. The predicted octanol–water partition coefficient (Wildman–Crippen LogP) is 3.03. The van der Waals surface area contributed by atoms with Crippen LogP contribution in [0.15, 0.2) is 84.9 Å². The zero-order chi connectivity index (χ0) is 23.1. The van der Waals surface area contributed by atoms with Gasteiger partial charge in [0.1, 0.15) is 5.75 Å². The number of para-hydroxylation sites is 1. The van der Waals surface area contributed by atoms with Gasteiger partial charge in [0.15, 0.2) is 0 Å². The molecule has 8 heteroatoms. The molecule has 168 valence electrons. The summed E-state index contributed by atoms with van der Waals surface area (Å²) < 4.78 is 65.7. The fraction of sp³-hybridized carbons (Fsp3) is 0.217. The monoisotopic (exact) mass is 563 g/mol. The number of alkyl halides is 3. The molecule has 3 aromatic carbocycles. The molecule has 0 spiro atoms. The Kier molecular flexibility index (Phi) is 8.53. The molecule has 0 saturated carbocycles. The first-order valence-corrected chi connectivity index (χ1v) is 12.8. The van der Waals surface area contributed by atoms with Crippen molar-refractivity contribution in [2.24, 2.45) is 0 Å². The van der Waals surface area contributed by atoms with Crippen molar-refractivity contribution < 1.29 is 47.0 Å². The van der Waals surface area contributed by atoms with Crippen LogP contribution in [0.25, 0.3) is 0 Å². The molecule has 0 fully saturated rings. The Labute approximate surface area is 191 Å². The maximum absolute atomic E-state index is 12.2. The first-order chi connectivity index (χ1) is 14.4. The average Bonchev–Trinajstić information content (AvgIpc) is 2.68. The van der Waals surface area contributed by atoms with Crippen molar-refractivity contribution in [1.82, 2.24) is 0 Å². The van der Waals surface area contributed by atoms with Crippen molar-refractivity contribution in [3.05, 3.63) is 97.6 Å². The molecule has 0 amide bonds. The van der Waals surface area contributed by atoms with Crippen LogP contribution in [-0.2, 0) is 15.5 Å². The fourth-order valence-corrected chi connectivity index (χ4v) is 5.15. The van der Waals surface area contributed by atoms with Crippen LogP contribution in [0.4, 0.5) is 13.2 Å². The van der Waals surface area contributed by atoms with E-state index in [4.69, 9.17) is 0 Å². The van der Waals surface area contributed by atoms with Crippen molar-refractivity contribution in [3.8, 4) is 5.75 Å². The number of hydrogen-bond acceptors (Lipinski definition) is 3. The minimum atomic E-state index is -5.63. The van der Waals surface area contributed by atoms with E-state index in [9.17, 15) is 21.6 Å². The predicted molar refractivity (Wildman–Crippen MR) is 111 cm³/mol. The Morgan fingerprint density at radius 2 is 1.13 bits per heavy atom. The van der Waals surface area contributed by atoms with Crippen molar-refractivity contribution in [2.45, 2.75) is 31.7 Å². The second kappa shape index (κ2) is 10.5. The molecule has 0 radical (unpaired) electrons. The molecule has 0 heterocycles. The van der Waals surface area contributed by atoms with Gasteiger partial charge >= 0.3 is 105 Å². The quantitative estimate of drug-likeness (QED) is 0.279. The van der Waals surface area contributed by atoms with Crippen LogP contribution >= 0.6 is 0 Å². The van der Waals surface area contributed by atoms with Crippen LogP contribution in [0.2, 0.25) is 0 Å². The summed E-state index contributed by atoms with van der Waals surface area (Å²) in [5, 5.41) is 0. The maximum atomic E-state index is 12.2. The molecule has 3 nitrogen and oxygen atoms in total. The topological polar surface area (TPSA) is 43.4 Å². The van der Waals surface area contributed by atoms with E-state index in [0.717, 1.165) is 0 Å². The molecule has 0 unspecified atom stereocenters. The van der Waals surface area contributed by atoms with Gasteiger partial charge in [-0.2, -0.15) is 21.6 Å². The molecule has 0 atom stereocenters. The van der Waals surface area contributed by atoms with Crippen LogP contribution in [0.5, 0.6) is 5.75 Å². The van der Waals surface area contributed by atoms with Crippen LogP contribution in [0, 0.1) is 7.14 Å².